The number of allylic oxidation sites excluding steroid dienone is 1. The Balaban J connectivity index is 2.30. The summed E-state index contributed by atoms with van der Waals surface area (Å²) in [6, 6.07) is 7.54. The summed E-state index contributed by atoms with van der Waals surface area (Å²) < 4.78 is 9.94. The summed E-state index contributed by atoms with van der Waals surface area (Å²) in [4.78, 5) is 23.1. The molecule has 0 aromatic heterocycles. The lowest BCUT2D eigenvalue weighted by Gasteiger charge is -2.06. The summed E-state index contributed by atoms with van der Waals surface area (Å²) in [5, 5.41) is 0. The Morgan fingerprint density at radius 3 is 2.47 bits per heavy atom. The second-order valence-electron chi connectivity index (χ2n) is 3.98. The third kappa shape index (κ3) is 2.76. The lowest BCUT2D eigenvalue weighted by Crippen LogP contribution is -2.06. The molecule has 0 radical (unpaired) electrons. The molecule has 19 heavy (non-hydrogen) atoms. The lowest BCUT2D eigenvalue weighted by molar-refractivity contribution is -0.135. The fourth-order valence-corrected chi connectivity index (χ4v) is 2.01. The first kappa shape index (κ1) is 13.5. The zero-order chi connectivity index (χ0) is 14.0. The van der Waals surface area contributed by atoms with Crippen LogP contribution < -0.4 is 0 Å². The van der Waals surface area contributed by atoms with Crippen LogP contribution in [0.3, 0.4) is 0 Å². The van der Waals surface area contributed by atoms with Crippen molar-refractivity contribution in [1.82, 2.24) is 0 Å². The molecule has 2 rings (SSSR count). The molecule has 0 saturated carbocycles. The van der Waals surface area contributed by atoms with Gasteiger partial charge >= 0.3 is 5.97 Å². The topological polar surface area (TPSA) is 52.6 Å². The molecule has 0 bridgehead atoms. The quantitative estimate of drug-likeness (QED) is 0.620. The standard InChI is InChI=1S/C14H11BrO4/c1-8-3-5-9(6-4-8)11-7-10(16)13(19-11)12(15)14(17)18-2/h3-7H,1-2H3/b13-12-. The second kappa shape index (κ2) is 5.40. The van der Waals surface area contributed by atoms with Crippen LogP contribution in [0.4, 0.5) is 0 Å². The number of esters is 1. The highest BCUT2D eigenvalue weighted by molar-refractivity contribution is 9.12. The van der Waals surface area contributed by atoms with Crippen molar-refractivity contribution in [1.29, 1.82) is 0 Å². The van der Waals surface area contributed by atoms with E-state index in [4.69, 9.17) is 4.74 Å². The van der Waals surface area contributed by atoms with E-state index in [2.05, 4.69) is 20.7 Å². The van der Waals surface area contributed by atoms with Gasteiger partial charge in [0.1, 0.15) is 10.2 Å². The van der Waals surface area contributed by atoms with Gasteiger partial charge in [-0.1, -0.05) is 29.8 Å². The first-order valence-electron chi connectivity index (χ1n) is 5.52. The minimum absolute atomic E-state index is 0.0154. The molecule has 1 heterocycles. The normalized spacial score (nSPS) is 16.8. The van der Waals surface area contributed by atoms with Gasteiger partial charge in [-0.15, -0.1) is 0 Å². The Bertz CT molecular complexity index is 596. The van der Waals surface area contributed by atoms with Crippen LogP contribution in [0, 0.1) is 6.92 Å². The lowest BCUT2D eigenvalue weighted by atomic mass is 10.1. The maximum Gasteiger partial charge on any atom is 0.348 e. The summed E-state index contributed by atoms with van der Waals surface area (Å²) >= 11 is 3.01. The van der Waals surface area contributed by atoms with Gasteiger partial charge in [-0.05, 0) is 22.9 Å². The van der Waals surface area contributed by atoms with Gasteiger partial charge in [-0.3, -0.25) is 4.79 Å². The van der Waals surface area contributed by atoms with E-state index in [0.717, 1.165) is 11.1 Å². The minimum Gasteiger partial charge on any atom is -0.465 e. The Hall–Kier alpha value is -1.88. The van der Waals surface area contributed by atoms with Crippen molar-refractivity contribution in [3.05, 3.63) is 51.7 Å². The number of hydrogen-bond donors (Lipinski definition) is 0. The molecule has 0 saturated heterocycles. The van der Waals surface area contributed by atoms with Gasteiger partial charge in [0, 0.05) is 11.6 Å². The first-order chi connectivity index (χ1) is 9.02. The minimum atomic E-state index is -0.651. The molecule has 1 aliphatic rings. The zero-order valence-corrected chi connectivity index (χ0v) is 12.0. The number of aryl methyl sites for hydroxylation is 1. The van der Waals surface area contributed by atoms with Gasteiger partial charge in [0.25, 0.3) is 0 Å². The highest BCUT2D eigenvalue weighted by Gasteiger charge is 2.28. The number of benzene rings is 1. The van der Waals surface area contributed by atoms with Gasteiger partial charge in [0.2, 0.25) is 5.78 Å². The van der Waals surface area contributed by atoms with Crippen LogP contribution in [0.2, 0.25) is 0 Å². The van der Waals surface area contributed by atoms with Crippen LogP contribution in [0.25, 0.3) is 5.76 Å². The molecule has 0 unspecified atom stereocenters. The Morgan fingerprint density at radius 2 is 1.89 bits per heavy atom. The van der Waals surface area contributed by atoms with Gasteiger partial charge in [-0.2, -0.15) is 0 Å². The molecule has 0 aliphatic carbocycles. The van der Waals surface area contributed by atoms with Crippen molar-refractivity contribution in [2.45, 2.75) is 6.92 Å². The number of ketones is 1. The van der Waals surface area contributed by atoms with E-state index in [1.54, 1.807) is 0 Å². The molecule has 0 N–H and O–H groups in total. The molecule has 0 amide bonds. The number of rotatable bonds is 2. The van der Waals surface area contributed by atoms with Crippen molar-refractivity contribution in [3.8, 4) is 0 Å². The number of methoxy groups -OCH3 is 1. The van der Waals surface area contributed by atoms with Gasteiger partial charge in [0.15, 0.2) is 5.76 Å². The third-order valence-electron chi connectivity index (χ3n) is 2.60. The predicted molar refractivity (Wildman–Crippen MR) is 73.2 cm³/mol. The van der Waals surface area contributed by atoms with Crippen molar-refractivity contribution >= 4 is 33.4 Å². The van der Waals surface area contributed by atoms with Crippen LogP contribution in [-0.4, -0.2) is 18.9 Å². The number of halogens is 1. The fraction of sp³-hybridized carbons (Fsp3) is 0.143. The van der Waals surface area contributed by atoms with Crippen molar-refractivity contribution in [3.63, 3.8) is 0 Å². The van der Waals surface area contributed by atoms with E-state index < -0.39 is 5.97 Å². The van der Waals surface area contributed by atoms with Gasteiger partial charge in [-0.25, -0.2) is 4.79 Å². The third-order valence-corrected chi connectivity index (χ3v) is 3.28. The number of carbonyl (C=O) groups is 2. The molecule has 0 atom stereocenters. The Labute approximate surface area is 118 Å². The molecule has 1 aliphatic heterocycles. The summed E-state index contributed by atoms with van der Waals surface area (Å²) in [5.41, 5.74) is 1.89. The predicted octanol–water partition coefficient (Wildman–Crippen LogP) is 2.71. The zero-order valence-electron chi connectivity index (χ0n) is 10.4. The molecular weight excluding hydrogens is 312 g/mol. The Kier molecular flexibility index (Phi) is 3.85. The highest BCUT2D eigenvalue weighted by atomic mass is 79.9. The molecular formula is C14H11BrO4. The molecule has 0 spiro atoms. The van der Waals surface area contributed by atoms with Gasteiger partial charge in [0.05, 0.1) is 7.11 Å². The van der Waals surface area contributed by atoms with E-state index in [9.17, 15) is 9.59 Å². The average molecular weight is 323 g/mol. The van der Waals surface area contributed by atoms with Crippen molar-refractivity contribution < 1.29 is 19.1 Å². The highest BCUT2D eigenvalue weighted by Crippen LogP contribution is 2.30. The Morgan fingerprint density at radius 1 is 1.26 bits per heavy atom. The monoisotopic (exact) mass is 322 g/mol. The molecule has 98 valence electrons. The van der Waals surface area contributed by atoms with Crippen LogP contribution in [0.1, 0.15) is 11.1 Å². The van der Waals surface area contributed by atoms with Gasteiger partial charge < -0.3 is 9.47 Å². The van der Waals surface area contributed by atoms with Crippen LogP contribution in [0.15, 0.2) is 40.6 Å². The first-order valence-corrected chi connectivity index (χ1v) is 6.31. The van der Waals surface area contributed by atoms with Crippen LogP contribution >= 0.6 is 15.9 Å². The van der Waals surface area contributed by atoms with E-state index in [0.29, 0.717) is 5.76 Å². The summed E-state index contributed by atoms with van der Waals surface area (Å²) in [5.74, 6) is -0.655. The number of carbonyl (C=O) groups excluding carboxylic acids is 2. The summed E-state index contributed by atoms with van der Waals surface area (Å²) in [6.45, 7) is 1.97. The molecule has 1 aromatic carbocycles. The van der Waals surface area contributed by atoms with E-state index in [1.165, 1.54) is 13.2 Å². The molecule has 0 fully saturated rings. The maximum atomic E-state index is 11.8. The largest absolute Gasteiger partial charge is 0.465 e. The average Bonchev–Trinajstić information content (AvgIpc) is 2.80. The number of hydrogen-bond acceptors (Lipinski definition) is 4. The van der Waals surface area contributed by atoms with Crippen LogP contribution in [-0.2, 0) is 19.1 Å². The number of ether oxygens (including phenoxy) is 2. The van der Waals surface area contributed by atoms with Crippen molar-refractivity contribution in [2.24, 2.45) is 0 Å². The molecule has 1 aromatic rings. The second-order valence-corrected chi connectivity index (χ2v) is 4.77. The SMILES string of the molecule is COC(=O)/C(Br)=C1/OC(c2ccc(C)cc2)=CC1=O. The van der Waals surface area contributed by atoms with E-state index in [-0.39, 0.29) is 16.0 Å². The summed E-state index contributed by atoms with van der Waals surface area (Å²) in [7, 11) is 1.23. The van der Waals surface area contributed by atoms with Crippen molar-refractivity contribution in [2.75, 3.05) is 7.11 Å². The fourth-order valence-electron chi connectivity index (χ4n) is 1.57. The smallest absolute Gasteiger partial charge is 0.348 e. The van der Waals surface area contributed by atoms with E-state index in [1.807, 2.05) is 31.2 Å². The van der Waals surface area contributed by atoms with Crippen LogP contribution in [0.5, 0.6) is 0 Å². The summed E-state index contributed by atoms with van der Waals surface area (Å²) in [6.07, 6.45) is 1.35. The molecule has 5 heteroatoms. The molecule has 4 nitrogen and oxygen atoms in total. The van der Waals surface area contributed by atoms with E-state index >= 15 is 0 Å². The maximum absolute atomic E-state index is 11.8.